The van der Waals surface area contributed by atoms with E-state index in [1.54, 1.807) is 0 Å². The van der Waals surface area contributed by atoms with E-state index in [2.05, 4.69) is 40.5 Å². The molecule has 1 aliphatic carbocycles. The minimum atomic E-state index is 1.12. The molecule has 0 aliphatic heterocycles. The maximum Gasteiger partial charge on any atom is 0.0642 e. The van der Waals surface area contributed by atoms with E-state index in [0.29, 0.717) is 0 Å². The molecule has 1 aromatic carbocycles. The van der Waals surface area contributed by atoms with Gasteiger partial charge in [-0.3, -0.25) is 5.10 Å². The number of aromatic nitrogens is 2. The second-order valence-corrected chi connectivity index (χ2v) is 3.85. The van der Waals surface area contributed by atoms with Crippen molar-refractivity contribution in [3.05, 3.63) is 53.3 Å². The standard InChI is InChI=1S/C13H12N2/c1-2-4-10(5-3-1)8-11-6-7-12-9-14-15-13(11)12/h1-5,8-9H,6-7H2,(H,14,15). The molecule has 2 heteroatoms. The van der Waals surface area contributed by atoms with E-state index in [1.165, 1.54) is 22.4 Å². The van der Waals surface area contributed by atoms with Crippen LogP contribution in [0.15, 0.2) is 36.5 Å². The number of hydrogen-bond acceptors (Lipinski definition) is 1. The van der Waals surface area contributed by atoms with Gasteiger partial charge in [0.2, 0.25) is 0 Å². The van der Waals surface area contributed by atoms with Gasteiger partial charge in [0.25, 0.3) is 0 Å². The Morgan fingerprint density at radius 1 is 1.13 bits per heavy atom. The van der Waals surface area contributed by atoms with Gasteiger partial charge in [0.15, 0.2) is 0 Å². The Kier molecular flexibility index (Phi) is 1.91. The first kappa shape index (κ1) is 8.48. The van der Waals surface area contributed by atoms with Crippen molar-refractivity contribution >= 4 is 11.6 Å². The molecule has 0 saturated carbocycles. The molecule has 0 unspecified atom stereocenters. The highest BCUT2D eigenvalue weighted by molar-refractivity contribution is 5.83. The molecular formula is C13H12N2. The van der Waals surface area contributed by atoms with Gasteiger partial charge in [-0.1, -0.05) is 30.3 Å². The number of nitrogens with zero attached hydrogens (tertiary/aromatic N) is 1. The molecule has 74 valence electrons. The van der Waals surface area contributed by atoms with Crippen LogP contribution in [0.4, 0.5) is 0 Å². The Bertz CT molecular complexity index is 494. The SMILES string of the molecule is C(=C1CCc2cn[nH]c21)c1ccccc1. The third-order valence-electron chi connectivity index (χ3n) is 2.84. The lowest BCUT2D eigenvalue weighted by Crippen LogP contribution is -1.80. The fourth-order valence-corrected chi connectivity index (χ4v) is 2.07. The van der Waals surface area contributed by atoms with Crippen molar-refractivity contribution in [2.45, 2.75) is 12.8 Å². The van der Waals surface area contributed by atoms with Crippen molar-refractivity contribution in [1.29, 1.82) is 0 Å². The van der Waals surface area contributed by atoms with E-state index in [1.807, 2.05) is 12.3 Å². The second-order valence-electron chi connectivity index (χ2n) is 3.85. The zero-order valence-corrected chi connectivity index (χ0v) is 8.40. The normalized spacial score (nSPS) is 16.9. The van der Waals surface area contributed by atoms with Crippen LogP contribution in [-0.4, -0.2) is 10.2 Å². The Balaban J connectivity index is 2.01. The molecule has 0 saturated heterocycles. The largest absolute Gasteiger partial charge is 0.278 e. The van der Waals surface area contributed by atoms with Crippen molar-refractivity contribution < 1.29 is 0 Å². The molecule has 1 N–H and O–H groups in total. The molecule has 1 aromatic heterocycles. The van der Waals surface area contributed by atoms with Gasteiger partial charge in [-0.05, 0) is 35.6 Å². The number of benzene rings is 1. The summed E-state index contributed by atoms with van der Waals surface area (Å²) >= 11 is 0. The van der Waals surface area contributed by atoms with Crippen molar-refractivity contribution in [3.8, 4) is 0 Å². The number of fused-ring (bicyclic) bond motifs is 1. The molecule has 15 heavy (non-hydrogen) atoms. The number of aryl methyl sites for hydroxylation is 1. The molecule has 0 fully saturated rings. The van der Waals surface area contributed by atoms with E-state index in [-0.39, 0.29) is 0 Å². The second kappa shape index (κ2) is 3.39. The van der Waals surface area contributed by atoms with Crippen molar-refractivity contribution in [1.82, 2.24) is 10.2 Å². The van der Waals surface area contributed by atoms with Gasteiger partial charge in [0.1, 0.15) is 0 Å². The lowest BCUT2D eigenvalue weighted by atomic mass is 10.1. The summed E-state index contributed by atoms with van der Waals surface area (Å²) in [4.78, 5) is 0. The molecule has 1 heterocycles. The highest BCUT2D eigenvalue weighted by Gasteiger charge is 2.17. The molecule has 2 aromatic rings. The molecule has 0 atom stereocenters. The van der Waals surface area contributed by atoms with Gasteiger partial charge in [0, 0.05) is 0 Å². The van der Waals surface area contributed by atoms with Crippen molar-refractivity contribution in [3.63, 3.8) is 0 Å². The van der Waals surface area contributed by atoms with Crippen molar-refractivity contribution in [2.75, 3.05) is 0 Å². The molecule has 2 nitrogen and oxygen atoms in total. The van der Waals surface area contributed by atoms with Crippen LogP contribution in [0.2, 0.25) is 0 Å². The van der Waals surface area contributed by atoms with E-state index in [0.717, 1.165) is 12.8 Å². The monoisotopic (exact) mass is 196 g/mol. The summed E-state index contributed by atoms with van der Waals surface area (Å²) in [5.74, 6) is 0. The van der Waals surface area contributed by atoms with Gasteiger partial charge >= 0.3 is 0 Å². The molecule has 1 aliphatic rings. The fraction of sp³-hybridized carbons (Fsp3) is 0.154. The Morgan fingerprint density at radius 3 is 2.87 bits per heavy atom. The van der Waals surface area contributed by atoms with Crippen molar-refractivity contribution in [2.24, 2.45) is 0 Å². The zero-order chi connectivity index (χ0) is 10.1. The average molecular weight is 196 g/mol. The fourth-order valence-electron chi connectivity index (χ4n) is 2.07. The lowest BCUT2D eigenvalue weighted by Gasteiger charge is -1.97. The number of rotatable bonds is 1. The van der Waals surface area contributed by atoms with Gasteiger partial charge in [-0.15, -0.1) is 0 Å². The molecule has 3 rings (SSSR count). The minimum absolute atomic E-state index is 1.12. The number of allylic oxidation sites excluding steroid dienone is 1. The Hall–Kier alpha value is -1.83. The summed E-state index contributed by atoms with van der Waals surface area (Å²) in [5.41, 5.74) is 5.19. The van der Waals surface area contributed by atoms with Crippen LogP contribution in [-0.2, 0) is 6.42 Å². The smallest absolute Gasteiger partial charge is 0.0642 e. The molecule has 0 amide bonds. The maximum absolute atomic E-state index is 4.07. The third-order valence-corrected chi connectivity index (χ3v) is 2.84. The predicted octanol–water partition coefficient (Wildman–Crippen LogP) is 2.90. The van der Waals surface area contributed by atoms with Crippen LogP contribution in [0.1, 0.15) is 23.2 Å². The first-order valence-electron chi connectivity index (χ1n) is 5.22. The van der Waals surface area contributed by atoms with E-state index < -0.39 is 0 Å². The molecular weight excluding hydrogens is 184 g/mol. The van der Waals surface area contributed by atoms with Gasteiger partial charge in [0.05, 0.1) is 11.9 Å². The van der Waals surface area contributed by atoms with Crippen LogP contribution in [0.25, 0.3) is 11.6 Å². The Labute approximate surface area is 88.7 Å². The highest BCUT2D eigenvalue weighted by Crippen LogP contribution is 2.31. The summed E-state index contributed by atoms with van der Waals surface area (Å²) in [6, 6.07) is 10.4. The van der Waals surface area contributed by atoms with E-state index in [9.17, 15) is 0 Å². The number of aromatic amines is 1. The first-order valence-corrected chi connectivity index (χ1v) is 5.22. The van der Waals surface area contributed by atoms with Gasteiger partial charge < -0.3 is 0 Å². The summed E-state index contributed by atoms with van der Waals surface area (Å²) in [5, 5.41) is 7.14. The summed E-state index contributed by atoms with van der Waals surface area (Å²) in [7, 11) is 0. The predicted molar refractivity (Wildman–Crippen MR) is 61.2 cm³/mol. The molecule has 0 spiro atoms. The van der Waals surface area contributed by atoms with E-state index >= 15 is 0 Å². The van der Waals surface area contributed by atoms with Gasteiger partial charge in [-0.2, -0.15) is 5.10 Å². The lowest BCUT2D eigenvalue weighted by molar-refractivity contribution is 1.04. The van der Waals surface area contributed by atoms with Crippen LogP contribution in [0, 0.1) is 0 Å². The maximum atomic E-state index is 4.07. The topological polar surface area (TPSA) is 28.7 Å². The third kappa shape index (κ3) is 1.48. The van der Waals surface area contributed by atoms with E-state index in [4.69, 9.17) is 0 Å². The quantitative estimate of drug-likeness (QED) is 0.746. The van der Waals surface area contributed by atoms with Crippen LogP contribution >= 0.6 is 0 Å². The first-order chi connectivity index (χ1) is 7.43. The Morgan fingerprint density at radius 2 is 2.00 bits per heavy atom. The molecule has 0 bridgehead atoms. The van der Waals surface area contributed by atoms with Crippen LogP contribution in [0.5, 0.6) is 0 Å². The summed E-state index contributed by atoms with van der Waals surface area (Å²) < 4.78 is 0. The zero-order valence-electron chi connectivity index (χ0n) is 8.40. The minimum Gasteiger partial charge on any atom is -0.278 e. The van der Waals surface area contributed by atoms with Crippen LogP contribution in [0.3, 0.4) is 0 Å². The number of nitrogens with one attached hydrogen (secondary N) is 1. The highest BCUT2D eigenvalue weighted by atomic mass is 15.1. The molecule has 0 radical (unpaired) electrons. The average Bonchev–Trinajstić information content (AvgIpc) is 2.85. The number of hydrogen-bond donors (Lipinski definition) is 1. The summed E-state index contributed by atoms with van der Waals surface area (Å²) in [6.07, 6.45) is 6.41. The van der Waals surface area contributed by atoms with Gasteiger partial charge in [-0.25, -0.2) is 0 Å². The van der Waals surface area contributed by atoms with Crippen LogP contribution < -0.4 is 0 Å². The summed E-state index contributed by atoms with van der Waals surface area (Å²) in [6.45, 7) is 0. The number of H-pyrrole nitrogens is 1.